The van der Waals surface area contributed by atoms with Gasteiger partial charge in [-0.2, -0.15) is 0 Å². The molecular formula is C28H38O6. The third-order valence-electron chi connectivity index (χ3n) is 5.62. The van der Waals surface area contributed by atoms with Gasteiger partial charge in [0.25, 0.3) is 0 Å². The zero-order chi connectivity index (χ0) is 25.6. The zero-order valence-corrected chi connectivity index (χ0v) is 21.9. The molecule has 0 amide bonds. The predicted octanol–water partition coefficient (Wildman–Crippen LogP) is 5.75. The van der Waals surface area contributed by atoms with E-state index in [1.54, 1.807) is 41.9 Å². The lowest BCUT2D eigenvalue weighted by Crippen LogP contribution is -2.30. The fraction of sp³-hybridized carbons (Fsp3) is 0.500. The van der Waals surface area contributed by atoms with Gasteiger partial charge in [-0.15, -0.1) is 0 Å². The molecule has 6 nitrogen and oxygen atoms in total. The van der Waals surface area contributed by atoms with Crippen molar-refractivity contribution in [3.8, 4) is 11.5 Å². The Hall–Kier alpha value is -3.02. The van der Waals surface area contributed by atoms with Crippen molar-refractivity contribution in [2.45, 2.75) is 72.5 Å². The Balaban J connectivity index is 2.31. The van der Waals surface area contributed by atoms with Crippen LogP contribution in [-0.2, 0) is 19.1 Å². The first-order valence-electron chi connectivity index (χ1n) is 11.6. The van der Waals surface area contributed by atoms with Crippen molar-refractivity contribution in [2.75, 3.05) is 14.2 Å². The minimum Gasteiger partial charge on any atom is -0.496 e. The van der Waals surface area contributed by atoms with Gasteiger partial charge in [0.05, 0.1) is 26.6 Å². The highest BCUT2D eigenvalue weighted by atomic mass is 16.6. The summed E-state index contributed by atoms with van der Waals surface area (Å²) in [6.45, 7) is 12.9. The van der Waals surface area contributed by atoms with Crippen LogP contribution < -0.4 is 9.47 Å². The topological polar surface area (TPSA) is 71.1 Å². The van der Waals surface area contributed by atoms with Gasteiger partial charge < -0.3 is 18.9 Å². The number of aryl methyl sites for hydroxylation is 2. The van der Waals surface area contributed by atoms with Crippen LogP contribution in [0, 0.1) is 19.8 Å². The molecule has 0 aliphatic carbocycles. The van der Waals surface area contributed by atoms with Crippen LogP contribution in [0.15, 0.2) is 36.4 Å². The molecule has 2 rings (SSSR count). The van der Waals surface area contributed by atoms with Gasteiger partial charge in [-0.25, -0.2) is 0 Å². The summed E-state index contributed by atoms with van der Waals surface area (Å²) in [6, 6.07) is 11.9. The highest BCUT2D eigenvalue weighted by molar-refractivity contribution is 5.80. The highest BCUT2D eigenvalue weighted by Gasteiger charge is 2.29. The van der Waals surface area contributed by atoms with Crippen molar-refractivity contribution in [3.63, 3.8) is 0 Å². The van der Waals surface area contributed by atoms with E-state index in [1.165, 1.54) is 0 Å². The fourth-order valence-electron chi connectivity index (χ4n) is 4.01. The Labute approximate surface area is 203 Å². The lowest BCUT2D eigenvalue weighted by molar-refractivity contribution is -0.163. The number of methoxy groups -OCH3 is 2. The maximum Gasteiger partial charge on any atom is 0.309 e. The van der Waals surface area contributed by atoms with E-state index in [2.05, 4.69) is 12.1 Å². The average molecular weight is 471 g/mol. The first-order chi connectivity index (χ1) is 15.9. The van der Waals surface area contributed by atoms with E-state index >= 15 is 0 Å². The molecule has 0 heterocycles. The van der Waals surface area contributed by atoms with Crippen LogP contribution >= 0.6 is 0 Å². The Morgan fingerprint density at radius 1 is 0.853 bits per heavy atom. The molecule has 0 radical (unpaired) electrons. The van der Waals surface area contributed by atoms with Gasteiger partial charge >= 0.3 is 11.9 Å². The number of carbonyl (C=O) groups excluding carboxylic acids is 2. The second-order valence-corrected chi connectivity index (χ2v) is 9.77. The van der Waals surface area contributed by atoms with Crippen molar-refractivity contribution < 1.29 is 28.5 Å². The van der Waals surface area contributed by atoms with E-state index in [0.717, 1.165) is 33.8 Å². The summed E-state index contributed by atoms with van der Waals surface area (Å²) < 4.78 is 22.1. The summed E-state index contributed by atoms with van der Waals surface area (Å²) >= 11 is 0. The zero-order valence-electron chi connectivity index (χ0n) is 21.9. The second-order valence-electron chi connectivity index (χ2n) is 9.77. The maximum absolute atomic E-state index is 12.9. The number of hydrogen-bond donors (Lipinski definition) is 0. The van der Waals surface area contributed by atoms with E-state index in [9.17, 15) is 9.59 Å². The molecule has 0 fully saturated rings. The lowest BCUT2D eigenvalue weighted by atomic mass is 9.85. The van der Waals surface area contributed by atoms with E-state index in [4.69, 9.17) is 18.9 Å². The Kier molecular flexibility index (Phi) is 9.14. The molecule has 34 heavy (non-hydrogen) atoms. The van der Waals surface area contributed by atoms with Crippen LogP contribution in [0.1, 0.15) is 69.2 Å². The van der Waals surface area contributed by atoms with Crippen molar-refractivity contribution in [3.05, 3.63) is 58.7 Å². The Morgan fingerprint density at radius 2 is 1.32 bits per heavy atom. The normalized spacial score (nSPS) is 13.2. The Bertz CT molecular complexity index is 951. The molecule has 0 unspecified atom stereocenters. The summed E-state index contributed by atoms with van der Waals surface area (Å²) in [5.41, 5.74) is 3.39. The molecule has 2 atom stereocenters. The van der Waals surface area contributed by atoms with Gasteiger partial charge in [-0.05, 0) is 75.9 Å². The molecule has 0 saturated carbocycles. The van der Waals surface area contributed by atoms with Crippen LogP contribution in [0.25, 0.3) is 0 Å². The fourth-order valence-corrected chi connectivity index (χ4v) is 4.01. The van der Waals surface area contributed by atoms with Gasteiger partial charge in [0.2, 0.25) is 0 Å². The number of hydrogen-bond acceptors (Lipinski definition) is 6. The molecule has 0 aromatic heterocycles. The molecule has 186 valence electrons. The predicted molar refractivity (Wildman–Crippen MR) is 132 cm³/mol. The lowest BCUT2D eigenvalue weighted by Gasteiger charge is -2.27. The second kappa shape index (κ2) is 11.4. The molecule has 2 aromatic carbocycles. The number of ether oxygens (including phenoxy) is 4. The third kappa shape index (κ3) is 7.24. The van der Waals surface area contributed by atoms with Gasteiger partial charge in [0.1, 0.15) is 23.2 Å². The number of rotatable bonds is 9. The third-order valence-corrected chi connectivity index (χ3v) is 5.62. The monoisotopic (exact) mass is 470 g/mol. The minimum absolute atomic E-state index is 0.0310. The average Bonchev–Trinajstić information content (AvgIpc) is 2.72. The van der Waals surface area contributed by atoms with Crippen LogP contribution in [0.2, 0.25) is 0 Å². The standard InChI is InChI=1S/C28H38O6/c1-17-14-21(10-12-23(17)31-8)26(22-11-13-24(32-9)18(2)15-22)20(4)33-27(30)19(3)16-25(29)34-28(5,6)7/h10-15,19-20,26H,16H2,1-9H3/t19-,20+/m1/s1. The molecule has 0 aliphatic rings. The van der Waals surface area contributed by atoms with E-state index in [-0.39, 0.29) is 12.3 Å². The van der Waals surface area contributed by atoms with Crippen molar-refractivity contribution in [1.29, 1.82) is 0 Å². The first-order valence-corrected chi connectivity index (χ1v) is 11.6. The van der Waals surface area contributed by atoms with Crippen LogP contribution in [0.5, 0.6) is 11.5 Å². The quantitative estimate of drug-likeness (QED) is 0.435. The molecular weight excluding hydrogens is 432 g/mol. The van der Waals surface area contributed by atoms with Crippen molar-refractivity contribution >= 4 is 11.9 Å². The largest absolute Gasteiger partial charge is 0.496 e. The number of benzene rings is 2. The van der Waals surface area contributed by atoms with Crippen molar-refractivity contribution in [2.24, 2.45) is 5.92 Å². The minimum atomic E-state index is -0.617. The smallest absolute Gasteiger partial charge is 0.309 e. The van der Waals surface area contributed by atoms with E-state index in [0.29, 0.717) is 0 Å². The SMILES string of the molecule is COc1ccc(C(c2ccc(OC)c(C)c2)[C@H](C)OC(=O)[C@H](C)CC(=O)OC(C)(C)C)cc1C. The molecule has 2 aromatic rings. The van der Waals surface area contributed by atoms with Crippen LogP contribution in [0.3, 0.4) is 0 Å². The summed E-state index contributed by atoms with van der Waals surface area (Å²) in [4.78, 5) is 25.1. The first kappa shape index (κ1) is 27.2. The summed E-state index contributed by atoms with van der Waals surface area (Å²) in [6.07, 6.45) is -0.509. The van der Waals surface area contributed by atoms with E-state index < -0.39 is 29.6 Å². The number of carbonyl (C=O) groups is 2. The Morgan fingerprint density at radius 3 is 1.71 bits per heavy atom. The molecule has 0 spiro atoms. The summed E-state index contributed by atoms with van der Waals surface area (Å²) in [5, 5.41) is 0. The maximum atomic E-state index is 12.9. The van der Waals surface area contributed by atoms with Crippen molar-refractivity contribution in [1.82, 2.24) is 0 Å². The van der Waals surface area contributed by atoms with Gasteiger partial charge in [0.15, 0.2) is 0 Å². The van der Waals surface area contributed by atoms with Gasteiger partial charge in [-0.3, -0.25) is 9.59 Å². The van der Waals surface area contributed by atoms with Gasteiger partial charge in [0, 0.05) is 5.92 Å². The van der Waals surface area contributed by atoms with Crippen LogP contribution in [-0.4, -0.2) is 37.9 Å². The molecule has 0 bridgehead atoms. The van der Waals surface area contributed by atoms with Gasteiger partial charge in [-0.1, -0.05) is 31.2 Å². The summed E-state index contributed by atoms with van der Waals surface area (Å²) in [5.74, 6) is -0.0929. The highest BCUT2D eigenvalue weighted by Crippen LogP contribution is 2.35. The van der Waals surface area contributed by atoms with E-state index in [1.807, 2.05) is 45.0 Å². The molecule has 6 heteroatoms. The summed E-state index contributed by atoms with van der Waals surface area (Å²) in [7, 11) is 3.28. The number of esters is 2. The molecule has 0 N–H and O–H groups in total. The van der Waals surface area contributed by atoms with Crippen LogP contribution in [0.4, 0.5) is 0 Å². The molecule has 0 aliphatic heterocycles. The molecule has 0 saturated heterocycles.